The number of aromatic nitrogens is 2. The maximum absolute atomic E-state index is 12.7. The van der Waals surface area contributed by atoms with Crippen LogP contribution in [-0.4, -0.2) is 28.8 Å². The molecule has 20 heavy (non-hydrogen) atoms. The predicted molar refractivity (Wildman–Crippen MR) is 79.7 cm³/mol. The van der Waals surface area contributed by atoms with Gasteiger partial charge in [0.25, 0.3) is 0 Å². The smallest absolute Gasteiger partial charge is 0.245 e. The molecule has 0 aromatic carbocycles. The lowest BCUT2D eigenvalue weighted by Crippen LogP contribution is -2.38. The van der Waals surface area contributed by atoms with Gasteiger partial charge in [-0.3, -0.25) is 0 Å². The van der Waals surface area contributed by atoms with E-state index in [1.807, 2.05) is 10.8 Å². The molecule has 0 spiro atoms. The Balaban J connectivity index is 1.95. The van der Waals surface area contributed by atoms with Gasteiger partial charge >= 0.3 is 0 Å². The molecule has 3 rings (SSSR count). The van der Waals surface area contributed by atoms with E-state index >= 15 is 0 Å². The summed E-state index contributed by atoms with van der Waals surface area (Å²) >= 11 is 4.68. The van der Waals surface area contributed by atoms with E-state index in [0.717, 1.165) is 10.7 Å². The SMILES string of the molecule is NCc1cc(S(=O)(=O)N2CCn3ccnc3C2)c(Br)s1. The Labute approximate surface area is 129 Å². The molecule has 108 valence electrons. The van der Waals surface area contributed by atoms with Gasteiger partial charge in [0.05, 0.1) is 10.3 Å². The highest BCUT2D eigenvalue weighted by atomic mass is 79.9. The predicted octanol–water partition coefficient (Wildman–Crippen LogP) is 1.37. The van der Waals surface area contributed by atoms with Crippen molar-refractivity contribution in [3.05, 3.63) is 32.9 Å². The van der Waals surface area contributed by atoms with Crippen LogP contribution < -0.4 is 5.73 Å². The minimum Gasteiger partial charge on any atom is -0.333 e. The fourth-order valence-corrected chi connectivity index (χ4v) is 6.07. The lowest BCUT2D eigenvalue weighted by molar-refractivity contribution is 0.335. The van der Waals surface area contributed by atoms with E-state index in [0.29, 0.717) is 34.9 Å². The van der Waals surface area contributed by atoms with Crippen LogP contribution in [0.4, 0.5) is 0 Å². The molecule has 0 saturated heterocycles. The van der Waals surface area contributed by atoms with Gasteiger partial charge < -0.3 is 10.3 Å². The molecule has 1 aliphatic heterocycles. The molecule has 2 aromatic rings. The highest BCUT2D eigenvalue weighted by molar-refractivity contribution is 9.11. The number of nitrogens with two attached hydrogens (primary N) is 1. The van der Waals surface area contributed by atoms with Crippen molar-refractivity contribution in [2.45, 2.75) is 24.5 Å². The Kier molecular flexibility index (Phi) is 3.71. The maximum atomic E-state index is 12.7. The summed E-state index contributed by atoms with van der Waals surface area (Å²) in [4.78, 5) is 5.32. The van der Waals surface area contributed by atoms with E-state index in [2.05, 4.69) is 20.9 Å². The molecule has 0 unspecified atom stereocenters. The molecule has 2 aromatic heterocycles. The van der Waals surface area contributed by atoms with Gasteiger partial charge in [-0.2, -0.15) is 4.31 Å². The first-order chi connectivity index (χ1) is 9.52. The lowest BCUT2D eigenvalue weighted by Gasteiger charge is -2.26. The molecule has 0 aliphatic carbocycles. The van der Waals surface area contributed by atoms with E-state index < -0.39 is 10.0 Å². The Morgan fingerprint density at radius 2 is 2.25 bits per heavy atom. The van der Waals surface area contributed by atoms with E-state index in [9.17, 15) is 8.42 Å². The zero-order chi connectivity index (χ0) is 14.3. The summed E-state index contributed by atoms with van der Waals surface area (Å²) in [7, 11) is -3.51. The molecule has 0 bridgehead atoms. The third-order valence-electron chi connectivity index (χ3n) is 3.24. The van der Waals surface area contributed by atoms with Gasteiger partial charge in [0.1, 0.15) is 10.7 Å². The number of fused-ring (bicyclic) bond motifs is 1. The monoisotopic (exact) mass is 376 g/mol. The normalized spacial score (nSPS) is 16.3. The van der Waals surface area contributed by atoms with Gasteiger partial charge in [0.2, 0.25) is 10.0 Å². The second-order valence-corrected chi connectivity index (χ2v) is 8.79. The van der Waals surface area contributed by atoms with Gasteiger partial charge in [-0.25, -0.2) is 13.4 Å². The summed E-state index contributed by atoms with van der Waals surface area (Å²) in [5, 5.41) is 0. The molecule has 0 radical (unpaired) electrons. The summed E-state index contributed by atoms with van der Waals surface area (Å²) in [5.74, 6) is 0.769. The minimum atomic E-state index is -3.51. The second-order valence-electron chi connectivity index (χ2n) is 4.43. The van der Waals surface area contributed by atoms with Gasteiger partial charge in [0.15, 0.2) is 0 Å². The van der Waals surface area contributed by atoms with E-state index in [4.69, 9.17) is 5.73 Å². The van der Waals surface area contributed by atoms with Gasteiger partial charge in [-0.05, 0) is 22.0 Å². The first-order valence-electron chi connectivity index (χ1n) is 6.01. The van der Waals surface area contributed by atoms with Crippen molar-refractivity contribution in [1.29, 1.82) is 0 Å². The Bertz CT molecular complexity index is 737. The molecule has 0 amide bonds. The Morgan fingerprint density at radius 3 is 2.95 bits per heavy atom. The van der Waals surface area contributed by atoms with E-state index in [-0.39, 0.29) is 0 Å². The number of sulfonamides is 1. The highest BCUT2D eigenvalue weighted by Crippen LogP contribution is 2.34. The van der Waals surface area contributed by atoms with Gasteiger partial charge in [-0.15, -0.1) is 11.3 Å². The molecule has 0 atom stereocenters. The molecule has 9 heteroatoms. The third-order valence-corrected chi connectivity index (χ3v) is 7.35. The minimum absolute atomic E-state index is 0.294. The summed E-state index contributed by atoms with van der Waals surface area (Å²) < 4.78 is 29.4. The van der Waals surface area contributed by atoms with Crippen molar-refractivity contribution in [3.8, 4) is 0 Å². The van der Waals surface area contributed by atoms with Crippen LogP contribution in [-0.2, 0) is 29.7 Å². The van der Waals surface area contributed by atoms with Crippen LogP contribution in [0.25, 0.3) is 0 Å². The quantitative estimate of drug-likeness (QED) is 0.876. The fourth-order valence-electron chi connectivity index (χ4n) is 2.17. The fraction of sp³-hybridized carbons (Fsp3) is 0.364. The number of imidazole rings is 1. The molecule has 0 fully saturated rings. The maximum Gasteiger partial charge on any atom is 0.245 e. The van der Waals surface area contributed by atoms with Crippen molar-refractivity contribution in [2.75, 3.05) is 6.54 Å². The molecule has 2 N–H and O–H groups in total. The summed E-state index contributed by atoms with van der Waals surface area (Å²) in [6.07, 6.45) is 3.56. The number of nitrogens with zero attached hydrogens (tertiary/aromatic N) is 3. The van der Waals surface area contributed by atoms with Crippen LogP contribution in [0.2, 0.25) is 0 Å². The van der Waals surface area contributed by atoms with Gasteiger partial charge in [0, 0.05) is 36.9 Å². The standard InChI is InChI=1S/C11H13BrN4O2S2/c12-11-9(5-8(6-13)19-11)20(17,18)16-4-3-15-2-1-14-10(15)7-16/h1-2,5H,3-4,6-7,13H2. The van der Waals surface area contributed by atoms with Crippen LogP contribution >= 0.6 is 27.3 Å². The molecule has 3 heterocycles. The highest BCUT2D eigenvalue weighted by Gasteiger charge is 2.31. The number of hydrogen-bond acceptors (Lipinski definition) is 5. The molecule has 0 saturated carbocycles. The largest absolute Gasteiger partial charge is 0.333 e. The summed E-state index contributed by atoms with van der Waals surface area (Å²) in [6, 6.07) is 1.64. The average Bonchev–Trinajstić information content (AvgIpc) is 3.03. The number of hydrogen-bond donors (Lipinski definition) is 1. The van der Waals surface area contributed by atoms with E-state index in [1.165, 1.54) is 15.6 Å². The van der Waals surface area contributed by atoms with Crippen LogP contribution in [0.1, 0.15) is 10.7 Å². The molecule has 1 aliphatic rings. The summed E-state index contributed by atoms with van der Waals surface area (Å²) in [5.41, 5.74) is 5.57. The van der Waals surface area contributed by atoms with Crippen molar-refractivity contribution >= 4 is 37.3 Å². The molecular weight excluding hydrogens is 364 g/mol. The number of halogens is 1. The lowest BCUT2D eigenvalue weighted by atomic mass is 10.4. The zero-order valence-electron chi connectivity index (χ0n) is 10.5. The van der Waals surface area contributed by atoms with Crippen molar-refractivity contribution in [3.63, 3.8) is 0 Å². The van der Waals surface area contributed by atoms with Crippen LogP contribution in [0, 0.1) is 0 Å². The Morgan fingerprint density at radius 1 is 1.45 bits per heavy atom. The first-order valence-corrected chi connectivity index (χ1v) is 9.06. The first kappa shape index (κ1) is 14.2. The van der Waals surface area contributed by atoms with Crippen molar-refractivity contribution < 1.29 is 8.42 Å². The van der Waals surface area contributed by atoms with Crippen molar-refractivity contribution in [1.82, 2.24) is 13.9 Å². The Hall–Kier alpha value is -0.740. The van der Waals surface area contributed by atoms with Gasteiger partial charge in [-0.1, -0.05) is 0 Å². The van der Waals surface area contributed by atoms with Crippen LogP contribution in [0.3, 0.4) is 0 Å². The molecular formula is C11H13BrN4O2S2. The van der Waals surface area contributed by atoms with Crippen LogP contribution in [0.5, 0.6) is 0 Å². The van der Waals surface area contributed by atoms with E-state index in [1.54, 1.807) is 12.3 Å². The number of rotatable bonds is 3. The third kappa shape index (κ3) is 2.33. The average molecular weight is 377 g/mol. The summed E-state index contributed by atoms with van der Waals surface area (Å²) in [6.45, 7) is 1.71. The zero-order valence-corrected chi connectivity index (χ0v) is 13.7. The van der Waals surface area contributed by atoms with Crippen molar-refractivity contribution in [2.24, 2.45) is 5.73 Å². The number of thiophene rings is 1. The molecule has 6 nitrogen and oxygen atoms in total. The second kappa shape index (κ2) is 5.23. The van der Waals surface area contributed by atoms with Crippen LogP contribution in [0.15, 0.2) is 27.1 Å². The topological polar surface area (TPSA) is 81.2 Å².